The Morgan fingerprint density at radius 1 is 1.03 bits per heavy atom. The van der Waals surface area contributed by atoms with Gasteiger partial charge in [-0.25, -0.2) is 9.97 Å². The summed E-state index contributed by atoms with van der Waals surface area (Å²) in [6.07, 6.45) is 6.85. The van der Waals surface area contributed by atoms with Crippen LogP contribution in [0, 0.1) is 0 Å². The lowest BCUT2D eigenvalue weighted by Gasteiger charge is -2.27. The normalized spacial score (nSPS) is 15.1. The SMILES string of the molecule is O=S(=O)(Nc1ccc(-c2cnc(-c3ccnc(N4CCCCC4)c3)[nH]2)cc1Br)C(F)(F)F. The van der Waals surface area contributed by atoms with Gasteiger partial charge in [-0.05, 0) is 59.5 Å². The lowest BCUT2D eigenvalue weighted by Crippen LogP contribution is -2.30. The largest absolute Gasteiger partial charge is 0.516 e. The predicted octanol–water partition coefficient (Wildman–Crippen LogP) is 5.15. The molecule has 1 aliphatic heterocycles. The summed E-state index contributed by atoms with van der Waals surface area (Å²) in [7, 11) is -5.51. The average molecular weight is 530 g/mol. The second kappa shape index (κ2) is 8.74. The molecule has 32 heavy (non-hydrogen) atoms. The highest BCUT2D eigenvalue weighted by Gasteiger charge is 2.46. The summed E-state index contributed by atoms with van der Waals surface area (Å²) in [6.45, 7) is 1.94. The zero-order valence-corrected chi connectivity index (χ0v) is 19.1. The molecule has 7 nitrogen and oxygen atoms in total. The maximum Gasteiger partial charge on any atom is 0.516 e. The topological polar surface area (TPSA) is 91.0 Å². The van der Waals surface area contributed by atoms with Crippen LogP contribution in [-0.2, 0) is 10.0 Å². The molecule has 0 spiro atoms. The molecule has 0 unspecified atom stereocenters. The number of hydrogen-bond donors (Lipinski definition) is 2. The lowest BCUT2D eigenvalue weighted by atomic mass is 10.1. The van der Waals surface area contributed by atoms with Crippen LogP contribution >= 0.6 is 15.9 Å². The van der Waals surface area contributed by atoms with Crippen molar-refractivity contribution in [2.75, 3.05) is 22.7 Å². The molecule has 1 aliphatic rings. The Bertz CT molecular complexity index is 1220. The number of rotatable bonds is 5. The first-order valence-corrected chi connectivity index (χ1v) is 12.1. The van der Waals surface area contributed by atoms with E-state index < -0.39 is 15.5 Å². The Morgan fingerprint density at radius 2 is 1.78 bits per heavy atom. The molecule has 2 N–H and O–H groups in total. The van der Waals surface area contributed by atoms with Gasteiger partial charge in [0.1, 0.15) is 11.6 Å². The predicted molar refractivity (Wildman–Crippen MR) is 120 cm³/mol. The quantitative estimate of drug-likeness (QED) is 0.476. The second-order valence-corrected chi connectivity index (χ2v) is 9.87. The van der Waals surface area contributed by atoms with Crippen LogP contribution in [-0.4, -0.2) is 42.0 Å². The minimum absolute atomic E-state index is 0.162. The smallest absolute Gasteiger partial charge is 0.357 e. The summed E-state index contributed by atoms with van der Waals surface area (Å²) in [5.74, 6) is 1.52. The molecule has 0 aliphatic carbocycles. The second-order valence-electron chi connectivity index (χ2n) is 7.34. The molecule has 0 bridgehead atoms. The van der Waals surface area contributed by atoms with Gasteiger partial charge in [0, 0.05) is 34.9 Å². The number of aromatic nitrogens is 3. The Labute approximate surface area is 191 Å². The van der Waals surface area contributed by atoms with E-state index in [1.165, 1.54) is 29.3 Å². The maximum atomic E-state index is 12.6. The van der Waals surface area contributed by atoms with Gasteiger partial charge in [0.05, 0.1) is 17.6 Å². The van der Waals surface area contributed by atoms with E-state index in [1.807, 2.05) is 12.1 Å². The fourth-order valence-electron chi connectivity index (χ4n) is 3.44. The molecule has 1 saturated heterocycles. The number of sulfonamides is 1. The Kier molecular flexibility index (Phi) is 6.17. The third-order valence-electron chi connectivity index (χ3n) is 5.10. The molecule has 0 amide bonds. The van der Waals surface area contributed by atoms with E-state index in [0.29, 0.717) is 17.1 Å². The van der Waals surface area contributed by atoms with Crippen LogP contribution in [0.5, 0.6) is 0 Å². The van der Waals surface area contributed by atoms with E-state index in [1.54, 1.807) is 12.4 Å². The number of nitrogens with one attached hydrogen (secondary N) is 2. The fourth-order valence-corrected chi connectivity index (χ4v) is 4.64. The summed E-state index contributed by atoms with van der Waals surface area (Å²) in [4.78, 5) is 14.3. The first kappa shape index (κ1) is 22.6. The van der Waals surface area contributed by atoms with Crippen molar-refractivity contribution in [2.45, 2.75) is 24.8 Å². The standard InChI is InChI=1S/C20H19BrF3N5O2S/c21-15-10-13(4-5-16(15)28-32(30,31)20(22,23)24)17-12-26-19(27-17)14-6-7-25-18(11-14)29-8-2-1-3-9-29/h4-7,10-12,28H,1-3,8-9H2,(H,26,27). The minimum Gasteiger partial charge on any atom is -0.357 e. The molecule has 3 heterocycles. The van der Waals surface area contributed by atoms with E-state index >= 15 is 0 Å². The average Bonchev–Trinajstić information content (AvgIpc) is 3.25. The highest BCUT2D eigenvalue weighted by Crippen LogP contribution is 2.33. The van der Waals surface area contributed by atoms with Crippen molar-refractivity contribution in [1.29, 1.82) is 0 Å². The summed E-state index contributed by atoms with van der Waals surface area (Å²) >= 11 is 3.13. The number of H-pyrrole nitrogens is 1. The van der Waals surface area contributed by atoms with Crippen LogP contribution in [0.4, 0.5) is 24.7 Å². The van der Waals surface area contributed by atoms with Crippen molar-refractivity contribution in [3.63, 3.8) is 0 Å². The van der Waals surface area contributed by atoms with Gasteiger partial charge in [-0.15, -0.1) is 0 Å². The molecule has 3 aromatic rings. The number of piperidine rings is 1. The zero-order valence-electron chi connectivity index (χ0n) is 16.7. The monoisotopic (exact) mass is 529 g/mol. The molecule has 0 radical (unpaired) electrons. The maximum absolute atomic E-state index is 12.6. The number of pyridine rings is 1. The number of halogens is 4. The summed E-state index contributed by atoms with van der Waals surface area (Å²) < 4.78 is 62.3. The van der Waals surface area contributed by atoms with Crippen molar-refractivity contribution in [3.8, 4) is 22.6 Å². The molecule has 1 aromatic carbocycles. The summed E-state index contributed by atoms with van der Waals surface area (Å²) in [6, 6.07) is 8.09. The van der Waals surface area contributed by atoms with E-state index in [9.17, 15) is 21.6 Å². The number of alkyl halides is 3. The number of imidazole rings is 1. The Hall–Kier alpha value is -2.60. The van der Waals surface area contributed by atoms with Crippen molar-refractivity contribution in [1.82, 2.24) is 15.0 Å². The molecule has 0 saturated carbocycles. The third-order valence-corrected chi connectivity index (χ3v) is 6.86. The lowest BCUT2D eigenvalue weighted by molar-refractivity contribution is -0.0429. The van der Waals surface area contributed by atoms with Gasteiger partial charge >= 0.3 is 15.5 Å². The summed E-state index contributed by atoms with van der Waals surface area (Å²) in [5, 5.41) is 0. The molecule has 0 atom stereocenters. The van der Waals surface area contributed by atoms with Crippen molar-refractivity contribution in [3.05, 3.63) is 47.2 Å². The van der Waals surface area contributed by atoms with Crippen molar-refractivity contribution >= 4 is 37.5 Å². The minimum atomic E-state index is -5.51. The van der Waals surface area contributed by atoms with Crippen LogP contribution in [0.2, 0.25) is 0 Å². The molecule has 1 fully saturated rings. The van der Waals surface area contributed by atoms with Gasteiger partial charge in [-0.3, -0.25) is 4.72 Å². The molecular weight excluding hydrogens is 511 g/mol. The van der Waals surface area contributed by atoms with E-state index in [-0.39, 0.29) is 10.2 Å². The van der Waals surface area contributed by atoms with Gasteiger partial charge < -0.3 is 9.88 Å². The Balaban J connectivity index is 1.56. The van der Waals surface area contributed by atoms with Crippen molar-refractivity contribution in [2.24, 2.45) is 0 Å². The Morgan fingerprint density at radius 3 is 2.47 bits per heavy atom. The van der Waals surface area contributed by atoms with Gasteiger partial charge in [-0.2, -0.15) is 21.6 Å². The van der Waals surface area contributed by atoms with Crippen LogP contribution in [0.1, 0.15) is 19.3 Å². The summed E-state index contributed by atoms with van der Waals surface area (Å²) in [5.41, 5.74) is -3.51. The fraction of sp³-hybridized carbons (Fsp3) is 0.300. The van der Waals surface area contributed by atoms with E-state index in [0.717, 1.165) is 37.3 Å². The first-order valence-electron chi connectivity index (χ1n) is 9.79. The van der Waals surface area contributed by atoms with E-state index in [2.05, 4.69) is 35.8 Å². The molecule has 4 rings (SSSR count). The van der Waals surface area contributed by atoms with Gasteiger partial charge in [0.2, 0.25) is 0 Å². The number of benzene rings is 1. The molecular formula is C20H19BrF3N5O2S. The van der Waals surface area contributed by atoms with Crippen LogP contribution in [0.3, 0.4) is 0 Å². The van der Waals surface area contributed by atoms with Crippen LogP contribution in [0.15, 0.2) is 47.2 Å². The van der Waals surface area contributed by atoms with Crippen LogP contribution in [0.25, 0.3) is 22.6 Å². The number of nitrogens with zero attached hydrogens (tertiary/aromatic N) is 3. The van der Waals surface area contributed by atoms with Crippen molar-refractivity contribution < 1.29 is 21.6 Å². The molecule has 12 heteroatoms. The van der Waals surface area contributed by atoms with Gasteiger partial charge in [0.25, 0.3) is 0 Å². The zero-order chi connectivity index (χ0) is 22.9. The highest BCUT2D eigenvalue weighted by molar-refractivity contribution is 9.10. The van der Waals surface area contributed by atoms with Gasteiger partial charge in [0.15, 0.2) is 0 Å². The molecule has 170 valence electrons. The number of aromatic amines is 1. The van der Waals surface area contributed by atoms with Gasteiger partial charge in [-0.1, -0.05) is 6.07 Å². The van der Waals surface area contributed by atoms with E-state index in [4.69, 9.17) is 0 Å². The first-order chi connectivity index (χ1) is 15.1. The number of hydrogen-bond acceptors (Lipinski definition) is 5. The van der Waals surface area contributed by atoms with Crippen LogP contribution < -0.4 is 9.62 Å². The highest BCUT2D eigenvalue weighted by atomic mass is 79.9. The third kappa shape index (κ3) is 4.75. The molecule has 2 aromatic heterocycles. The number of anilines is 2.